The molecular formula is C19H23N5O2. The maximum Gasteiger partial charge on any atom is 0.259 e. The van der Waals surface area contributed by atoms with Gasteiger partial charge in [-0.2, -0.15) is 5.10 Å². The summed E-state index contributed by atoms with van der Waals surface area (Å²) in [7, 11) is 0. The number of pyridine rings is 1. The van der Waals surface area contributed by atoms with Crippen molar-refractivity contribution in [2.75, 3.05) is 6.54 Å². The number of aryl methyl sites for hydroxylation is 4. The molecule has 3 aromatic rings. The van der Waals surface area contributed by atoms with E-state index >= 15 is 0 Å². The fourth-order valence-electron chi connectivity index (χ4n) is 3.31. The Bertz CT molecular complexity index is 968. The first-order valence-electron chi connectivity index (χ1n) is 9.09. The van der Waals surface area contributed by atoms with Crippen molar-refractivity contribution in [3.05, 3.63) is 40.5 Å². The van der Waals surface area contributed by atoms with E-state index < -0.39 is 0 Å². The van der Waals surface area contributed by atoms with Crippen molar-refractivity contribution in [1.82, 2.24) is 25.2 Å². The van der Waals surface area contributed by atoms with Gasteiger partial charge in [-0.3, -0.25) is 9.48 Å². The van der Waals surface area contributed by atoms with Crippen LogP contribution in [0.25, 0.3) is 11.1 Å². The van der Waals surface area contributed by atoms with Crippen molar-refractivity contribution in [3.8, 4) is 0 Å². The summed E-state index contributed by atoms with van der Waals surface area (Å²) in [6.07, 6.45) is 3.06. The fourth-order valence-corrected chi connectivity index (χ4v) is 3.31. The summed E-state index contributed by atoms with van der Waals surface area (Å²) in [4.78, 5) is 17.3. The van der Waals surface area contributed by atoms with E-state index in [1.165, 1.54) is 0 Å². The average molecular weight is 353 g/mol. The summed E-state index contributed by atoms with van der Waals surface area (Å²) in [5.41, 5.74) is 4.85. The van der Waals surface area contributed by atoms with Gasteiger partial charge in [-0.25, -0.2) is 4.98 Å². The maximum absolute atomic E-state index is 12.8. The molecule has 4 rings (SSSR count). The topological polar surface area (TPSA) is 85.8 Å². The molecule has 26 heavy (non-hydrogen) atoms. The molecule has 1 fully saturated rings. The average Bonchev–Trinajstić information content (AvgIpc) is 3.33. The zero-order valence-electron chi connectivity index (χ0n) is 15.4. The lowest BCUT2D eigenvalue weighted by atomic mass is 10.1. The van der Waals surface area contributed by atoms with Gasteiger partial charge in [0.25, 0.3) is 11.6 Å². The van der Waals surface area contributed by atoms with Crippen molar-refractivity contribution < 1.29 is 9.32 Å². The Hall–Kier alpha value is -2.70. The molecule has 3 aromatic heterocycles. The lowest BCUT2D eigenvalue weighted by molar-refractivity contribution is 0.0954. The van der Waals surface area contributed by atoms with Crippen LogP contribution in [0.3, 0.4) is 0 Å². The molecule has 7 heteroatoms. The first kappa shape index (κ1) is 16.8. The lowest BCUT2D eigenvalue weighted by Gasteiger charge is -2.08. The molecule has 1 amide bonds. The van der Waals surface area contributed by atoms with E-state index in [9.17, 15) is 4.79 Å². The van der Waals surface area contributed by atoms with Crippen molar-refractivity contribution in [2.45, 2.75) is 52.5 Å². The summed E-state index contributed by atoms with van der Waals surface area (Å²) in [6, 6.07) is 3.96. The number of hydrogen-bond acceptors (Lipinski definition) is 5. The van der Waals surface area contributed by atoms with E-state index in [0.717, 1.165) is 42.9 Å². The molecule has 136 valence electrons. The van der Waals surface area contributed by atoms with Crippen LogP contribution in [0.5, 0.6) is 0 Å². The second kappa shape index (κ2) is 6.55. The van der Waals surface area contributed by atoms with E-state index in [-0.39, 0.29) is 5.91 Å². The monoisotopic (exact) mass is 353 g/mol. The van der Waals surface area contributed by atoms with Crippen molar-refractivity contribution >= 4 is 17.0 Å². The molecule has 1 N–H and O–H groups in total. The SMILES string of the molecule is Cc1cc(C)n(CCCNC(=O)c2cc(C3CC3)nc3onc(C)c23)n1. The van der Waals surface area contributed by atoms with E-state index in [4.69, 9.17) is 4.52 Å². The number of aromatic nitrogens is 4. The molecule has 0 saturated heterocycles. The third kappa shape index (κ3) is 3.21. The normalized spacial score (nSPS) is 14.1. The number of nitrogens with zero attached hydrogens (tertiary/aromatic N) is 4. The summed E-state index contributed by atoms with van der Waals surface area (Å²) >= 11 is 0. The molecular weight excluding hydrogens is 330 g/mol. The van der Waals surface area contributed by atoms with Gasteiger partial charge in [-0.1, -0.05) is 5.16 Å². The van der Waals surface area contributed by atoms with Gasteiger partial charge >= 0.3 is 0 Å². The number of rotatable bonds is 6. The highest BCUT2D eigenvalue weighted by Crippen LogP contribution is 2.40. The minimum Gasteiger partial charge on any atom is -0.352 e. The standard InChI is InChI=1S/C19H23N5O2/c1-11-9-12(2)24(22-11)8-4-7-20-18(25)15-10-16(14-5-6-14)21-19-17(15)13(3)23-26-19/h9-10,14H,4-8H2,1-3H3,(H,20,25). The zero-order chi connectivity index (χ0) is 18.3. The number of carbonyl (C=O) groups excluding carboxylic acids is 1. The van der Waals surface area contributed by atoms with Gasteiger partial charge in [-0.05, 0) is 52.2 Å². The minimum absolute atomic E-state index is 0.0982. The minimum atomic E-state index is -0.0982. The molecule has 1 aliphatic carbocycles. The highest BCUT2D eigenvalue weighted by atomic mass is 16.5. The highest BCUT2D eigenvalue weighted by Gasteiger charge is 2.28. The Morgan fingerprint density at radius 3 is 2.81 bits per heavy atom. The molecule has 1 saturated carbocycles. The first-order valence-corrected chi connectivity index (χ1v) is 9.09. The predicted octanol–water partition coefficient (Wildman–Crippen LogP) is 3.04. The summed E-state index contributed by atoms with van der Waals surface area (Å²) in [6.45, 7) is 7.23. The van der Waals surface area contributed by atoms with Gasteiger partial charge < -0.3 is 9.84 Å². The second-order valence-corrected chi connectivity index (χ2v) is 7.08. The molecule has 0 aromatic carbocycles. The van der Waals surface area contributed by atoms with E-state index in [2.05, 4.69) is 26.6 Å². The molecule has 7 nitrogen and oxygen atoms in total. The Balaban J connectivity index is 1.45. The smallest absolute Gasteiger partial charge is 0.259 e. The van der Waals surface area contributed by atoms with Crippen LogP contribution in [-0.4, -0.2) is 32.4 Å². The van der Waals surface area contributed by atoms with Crippen LogP contribution in [0.1, 0.15) is 58.3 Å². The predicted molar refractivity (Wildman–Crippen MR) is 97.2 cm³/mol. The van der Waals surface area contributed by atoms with Gasteiger partial charge in [0.1, 0.15) is 0 Å². The van der Waals surface area contributed by atoms with Crippen molar-refractivity contribution in [2.24, 2.45) is 0 Å². The Labute approximate surface area is 151 Å². The second-order valence-electron chi connectivity index (χ2n) is 7.08. The van der Waals surface area contributed by atoms with E-state index in [1.807, 2.05) is 31.5 Å². The van der Waals surface area contributed by atoms with Gasteiger partial charge in [0.2, 0.25) is 0 Å². The van der Waals surface area contributed by atoms with Crippen molar-refractivity contribution in [1.29, 1.82) is 0 Å². The molecule has 1 aliphatic rings. The maximum atomic E-state index is 12.8. The molecule has 0 aliphatic heterocycles. The Kier molecular flexibility index (Phi) is 4.22. The molecule has 0 unspecified atom stereocenters. The van der Waals surface area contributed by atoms with Crippen LogP contribution in [0.15, 0.2) is 16.7 Å². The van der Waals surface area contributed by atoms with Crippen LogP contribution in [0, 0.1) is 20.8 Å². The molecule has 0 bridgehead atoms. The van der Waals surface area contributed by atoms with Gasteiger partial charge in [0.05, 0.1) is 22.3 Å². The summed E-state index contributed by atoms with van der Waals surface area (Å²) < 4.78 is 7.28. The summed E-state index contributed by atoms with van der Waals surface area (Å²) in [5.74, 6) is 0.348. The highest BCUT2D eigenvalue weighted by molar-refractivity contribution is 6.06. The zero-order valence-corrected chi connectivity index (χ0v) is 15.4. The van der Waals surface area contributed by atoms with Crippen molar-refractivity contribution in [3.63, 3.8) is 0 Å². The summed E-state index contributed by atoms with van der Waals surface area (Å²) in [5, 5.41) is 12.1. The number of hydrogen-bond donors (Lipinski definition) is 1. The van der Waals surface area contributed by atoms with Crippen LogP contribution < -0.4 is 5.32 Å². The number of carbonyl (C=O) groups is 1. The Morgan fingerprint density at radius 2 is 2.12 bits per heavy atom. The van der Waals surface area contributed by atoms with Crippen LogP contribution in [0.4, 0.5) is 0 Å². The third-order valence-electron chi connectivity index (χ3n) is 4.81. The molecule has 0 radical (unpaired) electrons. The van der Waals surface area contributed by atoms with Gasteiger partial charge in [-0.15, -0.1) is 0 Å². The third-order valence-corrected chi connectivity index (χ3v) is 4.81. The van der Waals surface area contributed by atoms with Crippen LogP contribution in [-0.2, 0) is 6.54 Å². The molecule has 0 atom stereocenters. The number of amides is 1. The van der Waals surface area contributed by atoms with Crippen LogP contribution in [0.2, 0.25) is 0 Å². The van der Waals surface area contributed by atoms with E-state index in [1.54, 1.807) is 0 Å². The molecule has 0 spiro atoms. The van der Waals surface area contributed by atoms with E-state index in [0.29, 0.717) is 34.8 Å². The van der Waals surface area contributed by atoms with Gasteiger partial charge in [0.15, 0.2) is 0 Å². The van der Waals surface area contributed by atoms with Crippen LogP contribution >= 0.6 is 0 Å². The lowest BCUT2D eigenvalue weighted by Crippen LogP contribution is -2.26. The first-order chi connectivity index (χ1) is 12.5. The number of fused-ring (bicyclic) bond motifs is 1. The number of nitrogens with one attached hydrogen (secondary N) is 1. The quantitative estimate of drug-likeness (QED) is 0.688. The molecule has 3 heterocycles. The Morgan fingerprint density at radius 1 is 1.31 bits per heavy atom. The van der Waals surface area contributed by atoms with Gasteiger partial charge in [0, 0.05) is 30.4 Å². The fraction of sp³-hybridized carbons (Fsp3) is 0.474. The largest absolute Gasteiger partial charge is 0.352 e.